The number of thiazole rings is 1. The molecule has 0 radical (unpaired) electrons. The van der Waals surface area contributed by atoms with Crippen molar-refractivity contribution in [2.24, 2.45) is 0 Å². The monoisotopic (exact) mass is 416 g/mol. The Balaban J connectivity index is 1.56. The Labute approximate surface area is 171 Å². The third-order valence-corrected chi connectivity index (χ3v) is 5.99. The van der Waals surface area contributed by atoms with Gasteiger partial charge in [0, 0.05) is 16.6 Å². The molecule has 140 valence electrons. The minimum atomic E-state index is -0.259. The number of aromatic nitrogens is 1. The van der Waals surface area contributed by atoms with E-state index in [2.05, 4.69) is 47.1 Å². The number of thiocarbonyl (C=S) groups is 1. The molecule has 0 spiro atoms. The van der Waals surface area contributed by atoms with Crippen LogP contribution in [0.3, 0.4) is 0 Å². The summed E-state index contributed by atoms with van der Waals surface area (Å²) in [7, 11) is 0. The van der Waals surface area contributed by atoms with E-state index in [1.165, 1.54) is 16.9 Å². The van der Waals surface area contributed by atoms with Crippen LogP contribution in [0.2, 0.25) is 0 Å². The van der Waals surface area contributed by atoms with Crippen LogP contribution in [0.5, 0.6) is 0 Å². The number of hydrogen-bond donors (Lipinski definition) is 3. The molecule has 2 heterocycles. The Bertz CT molecular complexity index is 931. The minimum Gasteiger partial charge on any atom is -0.331 e. The highest BCUT2D eigenvalue weighted by Gasteiger charge is 2.16. The van der Waals surface area contributed by atoms with Crippen molar-refractivity contribution in [1.82, 2.24) is 15.8 Å². The summed E-state index contributed by atoms with van der Waals surface area (Å²) in [6.45, 7) is 6.12. The van der Waals surface area contributed by atoms with Crippen LogP contribution in [0.25, 0.3) is 10.6 Å². The van der Waals surface area contributed by atoms with Crippen molar-refractivity contribution in [3.05, 3.63) is 57.2 Å². The zero-order chi connectivity index (χ0) is 19.4. The minimum absolute atomic E-state index is 0.259. The molecule has 0 fully saturated rings. The second-order valence-corrected chi connectivity index (χ2v) is 8.44. The highest BCUT2D eigenvalue weighted by atomic mass is 32.1. The van der Waals surface area contributed by atoms with Gasteiger partial charge in [0.25, 0.3) is 5.91 Å². The Kier molecular flexibility index (Phi) is 6.20. The van der Waals surface area contributed by atoms with Gasteiger partial charge in [0.2, 0.25) is 0 Å². The summed E-state index contributed by atoms with van der Waals surface area (Å²) in [5.74, 6) is 0.218. The average molecular weight is 417 g/mol. The van der Waals surface area contributed by atoms with Crippen LogP contribution in [0.1, 0.15) is 40.7 Å². The number of thiophene rings is 1. The molecular weight excluding hydrogens is 396 g/mol. The first-order chi connectivity index (χ1) is 12.9. The number of anilines is 1. The van der Waals surface area contributed by atoms with E-state index < -0.39 is 0 Å². The number of amides is 1. The van der Waals surface area contributed by atoms with E-state index >= 15 is 0 Å². The fraction of sp³-hybridized carbons (Fsp3) is 0.211. The Morgan fingerprint density at radius 3 is 2.52 bits per heavy atom. The van der Waals surface area contributed by atoms with E-state index in [1.54, 1.807) is 11.3 Å². The third kappa shape index (κ3) is 4.91. The lowest BCUT2D eigenvalue weighted by atomic mass is 10.0. The molecule has 0 aliphatic rings. The summed E-state index contributed by atoms with van der Waals surface area (Å²) in [6.07, 6.45) is 0. The summed E-state index contributed by atoms with van der Waals surface area (Å²) in [4.78, 5) is 17.5. The molecule has 3 aromatic rings. The Morgan fingerprint density at radius 2 is 1.89 bits per heavy atom. The van der Waals surface area contributed by atoms with Gasteiger partial charge >= 0.3 is 0 Å². The predicted molar refractivity (Wildman–Crippen MR) is 118 cm³/mol. The first kappa shape index (κ1) is 19.5. The van der Waals surface area contributed by atoms with Gasteiger partial charge in [-0.05, 0) is 54.2 Å². The molecule has 3 N–H and O–H groups in total. The van der Waals surface area contributed by atoms with Crippen LogP contribution >= 0.6 is 34.9 Å². The van der Waals surface area contributed by atoms with E-state index in [1.807, 2.05) is 35.9 Å². The van der Waals surface area contributed by atoms with Gasteiger partial charge in [-0.1, -0.05) is 26.0 Å². The van der Waals surface area contributed by atoms with Crippen LogP contribution in [0, 0.1) is 6.92 Å². The largest absolute Gasteiger partial charge is 0.331 e. The molecule has 0 bridgehead atoms. The maximum Gasteiger partial charge on any atom is 0.281 e. The van der Waals surface area contributed by atoms with Gasteiger partial charge in [-0.3, -0.25) is 15.6 Å². The second kappa shape index (κ2) is 8.60. The summed E-state index contributed by atoms with van der Waals surface area (Å²) in [5, 5.41) is 8.22. The van der Waals surface area contributed by atoms with Gasteiger partial charge in [-0.2, -0.15) is 11.3 Å². The summed E-state index contributed by atoms with van der Waals surface area (Å²) in [6, 6.07) is 10.0. The molecule has 0 saturated heterocycles. The number of hydrogen-bond acceptors (Lipinski definition) is 5. The fourth-order valence-corrected chi connectivity index (χ4v) is 4.24. The second-order valence-electron chi connectivity index (χ2n) is 6.26. The van der Waals surface area contributed by atoms with Gasteiger partial charge in [-0.15, -0.1) is 11.3 Å². The molecule has 27 heavy (non-hydrogen) atoms. The predicted octanol–water partition coefficient (Wildman–Crippen LogP) is 4.93. The van der Waals surface area contributed by atoms with Gasteiger partial charge in [0.05, 0.1) is 5.69 Å². The third-order valence-electron chi connectivity index (χ3n) is 3.90. The maximum atomic E-state index is 12.4. The number of hydrazine groups is 1. The van der Waals surface area contributed by atoms with Gasteiger partial charge in [-0.25, -0.2) is 4.98 Å². The normalized spacial score (nSPS) is 10.7. The van der Waals surface area contributed by atoms with Crippen LogP contribution < -0.4 is 16.2 Å². The van der Waals surface area contributed by atoms with Crippen molar-refractivity contribution in [2.75, 3.05) is 5.32 Å². The van der Waals surface area contributed by atoms with E-state index in [-0.39, 0.29) is 5.91 Å². The molecule has 0 aliphatic carbocycles. The van der Waals surface area contributed by atoms with Crippen molar-refractivity contribution in [3.8, 4) is 10.6 Å². The van der Waals surface area contributed by atoms with Crippen LogP contribution in [0.4, 0.5) is 5.69 Å². The van der Waals surface area contributed by atoms with Crippen LogP contribution in [-0.4, -0.2) is 16.0 Å². The number of carbonyl (C=O) groups excluding carboxylic acids is 1. The lowest BCUT2D eigenvalue weighted by molar-refractivity contribution is 0.0947. The highest BCUT2D eigenvalue weighted by Crippen LogP contribution is 2.29. The molecule has 0 aliphatic heterocycles. The van der Waals surface area contributed by atoms with Crippen molar-refractivity contribution >= 4 is 51.6 Å². The van der Waals surface area contributed by atoms with E-state index in [9.17, 15) is 4.79 Å². The fourth-order valence-electron chi connectivity index (χ4n) is 2.40. The lowest BCUT2D eigenvalue weighted by Gasteiger charge is -2.12. The Morgan fingerprint density at radius 1 is 1.15 bits per heavy atom. The first-order valence-electron chi connectivity index (χ1n) is 8.41. The van der Waals surface area contributed by atoms with Crippen molar-refractivity contribution in [1.29, 1.82) is 0 Å². The Hall–Kier alpha value is -2.29. The van der Waals surface area contributed by atoms with Gasteiger partial charge in [0.1, 0.15) is 9.88 Å². The molecule has 0 atom stereocenters. The molecule has 3 rings (SSSR count). The smallest absolute Gasteiger partial charge is 0.281 e. The number of rotatable bonds is 4. The molecule has 0 unspecified atom stereocenters. The molecule has 0 saturated carbocycles. The molecule has 2 aromatic heterocycles. The number of nitrogens with one attached hydrogen (secondary N) is 3. The average Bonchev–Trinajstić information content (AvgIpc) is 3.29. The van der Waals surface area contributed by atoms with Crippen LogP contribution in [-0.2, 0) is 0 Å². The van der Waals surface area contributed by atoms with Crippen molar-refractivity contribution in [3.63, 3.8) is 0 Å². The van der Waals surface area contributed by atoms with Crippen molar-refractivity contribution < 1.29 is 4.79 Å². The SMILES string of the molecule is Cc1nc(-c2ccsc2)sc1C(=O)NNC(=S)Nc1ccc(C(C)C)cc1. The molecular formula is C19H20N4OS3. The number of aryl methyl sites for hydroxylation is 1. The van der Waals surface area contributed by atoms with Gasteiger partial charge < -0.3 is 5.32 Å². The topological polar surface area (TPSA) is 66.0 Å². The van der Waals surface area contributed by atoms with E-state index in [4.69, 9.17) is 12.2 Å². The highest BCUT2D eigenvalue weighted by molar-refractivity contribution is 7.80. The quantitative estimate of drug-likeness (QED) is 0.415. The number of benzene rings is 1. The molecule has 5 nitrogen and oxygen atoms in total. The molecule has 1 amide bonds. The van der Waals surface area contributed by atoms with E-state index in [0.29, 0.717) is 21.6 Å². The number of carbonyl (C=O) groups is 1. The van der Waals surface area contributed by atoms with E-state index in [0.717, 1.165) is 16.3 Å². The zero-order valence-corrected chi connectivity index (χ0v) is 17.6. The van der Waals surface area contributed by atoms with Crippen LogP contribution in [0.15, 0.2) is 41.1 Å². The zero-order valence-electron chi connectivity index (χ0n) is 15.2. The summed E-state index contributed by atoms with van der Waals surface area (Å²) < 4.78 is 0. The molecule has 8 heteroatoms. The van der Waals surface area contributed by atoms with Crippen molar-refractivity contribution in [2.45, 2.75) is 26.7 Å². The molecule has 1 aromatic carbocycles. The summed E-state index contributed by atoms with van der Waals surface area (Å²) in [5.41, 5.74) is 9.22. The standard InChI is InChI=1S/C19H20N4OS3/c1-11(2)13-4-6-15(7-5-13)21-19(25)23-22-17(24)16-12(3)20-18(27-16)14-8-9-26-10-14/h4-11H,1-3H3,(H,22,24)(H2,21,23,25). The summed E-state index contributed by atoms with van der Waals surface area (Å²) >= 11 is 8.21. The number of nitrogens with zero attached hydrogens (tertiary/aromatic N) is 1. The van der Waals surface area contributed by atoms with Gasteiger partial charge in [0.15, 0.2) is 5.11 Å². The first-order valence-corrected chi connectivity index (χ1v) is 10.6. The lowest BCUT2D eigenvalue weighted by Crippen LogP contribution is -2.43. The maximum absolute atomic E-state index is 12.4.